The van der Waals surface area contributed by atoms with Crippen molar-refractivity contribution in [3.05, 3.63) is 0 Å². The molecule has 0 unspecified atom stereocenters. The van der Waals surface area contributed by atoms with E-state index >= 15 is 0 Å². The summed E-state index contributed by atoms with van der Waals surface area (Å²) in [5.41, 5.74) is 0.0694. The van der Waals surface area contributed by atoms with Crippen LogP contribution in [0.15, 0.2) is 0 Å². The van der Waals surface area contributed by atoms with E-state index in [1.165, 1.54) is 0 Å². The first-order valence-electron chi connectivity index (χ1n) is 2.43. The van der Waals surface area contributed by atoms with Gasteiger partial charge in [-0.3, -0.25) is 0 Å². The highest BCUT2D eigenvalue weighted by molar-refractivity contribution is 7.60. The molecule has 0 heterocycles. The van der Waals surface area contributed by atoms with Gasteiger partial charge < -0.3 is 37.9 Å². The van der Waals surface area contributed by atoms with E-state index in [-0.39, 0.29) is 5.41 Å². The molecule has 0 spiro atoms. The zero-order valence-electron chi connectivity index (χ0n) is 4.85. The second-order valence-corrected chi connectivity index (χ2v) is 3.11. The second kappa shape index (κ2) is 3.96. The maximum Gasteiger partial charge on any atom is -0.0651 e. The van der Waals surface area contributed by atoms with Gasteiger partial charge in [-0.15, -0.1) is 0 Å². The van der Waals surface area contributed by atoms with Crippen LogP contribution in [0, 0.1) is 5.41 Å². The van der Waals surface area contributed by atoms with Gasteiger partial charge in [0.15, 0.2) is 0 Å². The maximum atomic E-state index is 4.85. The summed E-state index contributed by atoms with van der Waals surface area (Å²) in [6.45, 7) is 2.04. The normalized spacial score (nSPS) is 12.0. The van der Waals surface area contributed by atoms with E-state index in [0.717, 1.165) is 0 Å². The van der Waals surface area contributed by atoms with Gasteiger partial charge in [-0.2, -0.15) is 17.3 Å². The Balaban J connectivity index is 3.58. The van der Waals surface area contributed by atoms with Crippen LogP contribution in [0.1, 0.15) is 6.92 Å². The lowest BCUT2D eigenvalue weighted by atomic mass is 10.00. The lowest BCUT2D eigenvalue weighted by Gasteiger charge is -2.40. The standard InChI is InChI=1S/C5H12S3/c1-5(2-6,3-7)4-8/h6-8H,2-4H2,1H3/p-3. The average Bonchev–Trinajstić information content (AvgIpc) is 1.87. The predicted octanol–water partition coefficient (Wildman–Crippen LogP) is 0.633. The Hall–Kier alpha value is 1.05. The summed E-state index contributed by atoms with van der Waals surface area (Å²) < 4.78 is 0. The molecule has 0 aromatic carbocycles. The van der Waals surface area contributed by atoms with Gasteiger partial charge in [0, 0.05) is 0 Å². The first-order chi connectivity index (χ1) is 3.68. The summed E-state index contributed by atoms with van der Waals surface area (Å²) in [5.74, 6) is 2.08. The molecule has 0 fully saturated rings. The van der Waals surface area contributed by atoms with Crippen molar-refractivity contribution in [3.63, 3.8) is 0 Å². The van der Waals surface area contributed by atoms with Gasteiger partial charge in [-0.25, -0.2) is 0 Å². The molecule has 0 aliphatic carbocycles. The van der Waals surface area contributed by atoms with Crippen molar-refractivity contribution in [2.45, 2.75) is 6.92 Å². The highest BCUT2D eigenvalue weighted by Crippen LogP contribution is 2.13. The van der Waals surface area contributed by atoms with E-state index in [9.17, 15) is 0 Å². The minimum absolute atomic E-state index is 0.0694. The van der Waals surface area contributed by atoms with Crippen LogP contribution in [0.2, 0.25) is 0 Å². The van der Waals surface area contributed by atoms with Crippen LogP contribution in [-0.4, -0.2) is 17.3 Å². The fourth-order valence-electron chi connectivity index (χ4n) is 0.125. The second-order valence-electron chi connectivity index (χ2n) is 2.24. The van der Waals surface area contributed by atoms with Crippen molar-refractivity contribution < 1.29 is 0 Å². The van der Waals surface area contributed by atoms with Crippen LogP contribution >= 0.6 is 0 Å². The van der Waals surface area contributed by atoms with Crippen molar-refractivity contribution in [2.24, 2.45) is 5.41 Å². The maximum absolute atomic E-state index is 4.85. The minimum atomic E-state index is 0.0694. The van der Waals surface area contributed by atoms with Gasteiger partial charge in [0.25, 0.3) is 0 Å². The molecule has 0 N–H and O–H groups in total. The molecule has 0 saturated heterocycles. The third-order valence-electron chi connectivity index (χ3n) is 1.05. The molecule has 0 atom stereocenters. The van der Waals surface area contributed by atoms with Crippen molar-refractivity contribution in [3.8, 4) is 0 Å². The third-order valence-corrected chi connectivity index (χ3v) is 3.14. The van der Waals surface area contributed by atoms with Crippen LogP contribution in [-0.2, 0) is 37.9 Å². The Kier molecular flexibility index (Phi) is 4.48. The molecular formula is C5H9S3-3. The number of rotatable bonds is 3. The summed E-state index contributed by atoms with van der Waals surface area (Å²) in [6, 6.07) is 0. The van der Waals surface area contributed by atoms with E-state index in [0.29, 0.717) is 17.3 Å². The Morgan fingerprint density at radius 3 is 1.25 bits per heavy atom. The summed E-state index contributed by atoms with van der Waals surface area (Å²) >= 11 is 14.6. The fourth-order valence-corrected chi connectivity index (χ4v) is 1.12. The smallest absolute Gasteiger partial charge is 0.0651 e. The lowest BCUT2D eigenvalue weighted by Crippen LogP contribution is -2.26. The quantitative estimate of drug-likeness (QED) is 0.563. The van der Waals surface area contributed by atoms with Gasteiger partial charge in [-0.05, 0) is 0 Å². The Morgan fingerprint density at radius 2 is 1.25 bits per heavy atom. The van der Waals surface area contributed by atoms with E-state index < -0.39 is 0 Å². The van der Waals surface area contributed by atoms with Crippen LogP contribution in [0.5, 0.6) is 0 Å². The monoisotopic (exact) mass is 165 g/mol. The SMILES string of the molecule is CC(C[S-])(C[S-])C[S-]. The topological polar surface area (TPSA) is 0 Å². The number of hydrogen-bond donors (Lipinski definition) is 0. The first-order valence-corrected chi connectivity index (χ1v) is 4.16. The van der Waals surface area contributed by atoms with Crippen LogP contribution in [0.25, 0.3) is 0 Å². The van der Waals surface area contributed by atoms with Gasteiger partial charge in [0.2, 0.25) is 0 Å². The van der Waals surface area contributed by atoms with Gasteiger partial charge in [0.05, 0.1) is 0 Å². The van der Waals surface area contributed by atoms with Crippen molar-refractivity contribution in [1.82, 2.24) is 0 Å². The van der Waals surface area contributed by atoms with Gasteiger partial charge in [0.1, 0.15) is 0 Å². The zero-order chi connectivity index (χ0) is 6.62. The summed E-state index contributed by atoms with van der Waals surface area (Å²) in [6.07, 6.45) is 0. The lowest BCUT2D eigenvalue weighted by molar-refractivity contribution is 0.507. The molecule has 0 aliphatic heterocycles. The molecule has 0 aromatic rings. The Morgan fingerprint density at radius 1 is 1.00 bits per heavy atom. The van der Waals surface area contributed by atoms with Crippen molar-refractivity contribution >= 4 is 37.9 Å². The summed E-state index contributed by atoms with van der Waals surface area (Å²) in [5, 5.41) is 0. The molecule has 3 heteroatoms. The van der Waals surface area contributed by atoms with E-state index in [1.54, 1.807) is 0 Å². The molecule has 50 valence electrons. The Labute approximate surface area is 67.7 Å². The molecule has 0 bridgehead atoms. The van der Waals surface area contributed by atoms with Gasteiger partial charge in [-0.1, -0.05) is 12.3 Å². The largest absolute Gasteiger partial charge is 0.792 e. The highest BCUT2D eigenvalue weighted by atomic mass is 32.1. The molecule has 0 nitrogen and oxygen atoms in total. The van der Waals surface area contributed by atoms with Crippen molar-refractivity contribution in [2.75, 3.05) is 17.3 Å². The predicted molar refractivity (Wildman–Crippen MR) is 44.8 cm³/mol. The van der Waals surface area contributed by atoms with E-state index in [2.05, 4.69) is 0 Å². The molecule has 0 rings (SSSR count). The molecule has 0 saturated carbocycles. The zero-order valence-corrected chi connectivity index (χ0v) is 7.30. The van der Waals surface area contributed by atoms with Gasteiger partial charge >= 0.3 is 0 Å². The molecule has 0 radical (unpaired) electrons. The molecule has 0 aliphatic rings. The van der Waals surface area contributed by atoms with Crippen molar-refractivity contribution in [1.29, 1.82) is 0 Å². The Bertz CT molecular complexity index is 50.4. The van der Waals surface area contributed by atoms with Crippen LogP contribution in [0.4, 0.5) is 0 Å². The molecule has 0 aromatic heterocycles. The minimum Gasteiger partial charge on any atom is -0.792 e. The molecule has 8 heavy (non-hydrogen) atoms. The van der Waals surface area contributed by atoms with Crippen LogP contribution in [0.3, 0.4) is 0 Å². The summed E-state index contributed by atoms with van der Waals surface area (Å²) in [4.78, 5) is 0. The van der Waals surface area contributed by atoms with E-state index in [4.69, 9.17) is 37.9 Å². The fraction of sp³-hybridized carbons (Fsp3) is 1.00. The third kappa shape index (κ3) is 2.55. The van der Waals surface area contributed by atoms with Crippen LogP contribution < -0.4 is 0 Å². The number of hydrogen-bond acceptors (Lipinski definition) is 3. The highest BCUT2D eigenvalue weighted by Gasteiger charge is 2.02. The summed E-state index contributed by atoms with van der Waals surface area (Å²) in [7, 11) is 0. The van der Waals surface area contributed by atoms with E-state index in [1.807, 2.05) is 6.92 Å². The molecule has 0 amide bonds. The molecular weight excluding hydrogens is 156 g/mol. The average molecular weight is 165 g/mol. The first kappa shape index (κ1) is 9.05.